The molecule has 0 radical (unpaired) electrons. The highest BCUT2D eigenvalue weighted by Gasteiger charge is 2.20. The third kappa shape index (κ3) is 3.26. The first kappa shape index (κ1) is 15.6. The lowest BCUT2D eigenvalue weighted by Crippen LogP contribution is -2.04. The molecule has 0 saturated heterocycles. The van der Waals surface area contributed by atoms with E-state index in [2.05, 4.69) is 16.5 Å². The molecule has 110 valence electrons. The number of aromatic hydroxyl groups is 1. The van der Waals surface area contributed by atoms with Gasteiger partial charge in [-0.15, -0.1) is 0 Å². The Balaban J connectivity index is 2.54. The smallest absolute Gasteiger partial charge is 0.204 e. The van der Waals surface area contributed by atoms with Crippen LogP contribution in [0.5, 0.6) is 11.5 Å². The van der Waals surface area contributed by atoms with Crippen molar-refractivity contribution in [3.05, 3.63) is 53.6 Å². The predicted molar refractivity (Wildman–Crippen MR) is 81.0 cm³/mol. The third-order valence-electron chi connectivity index (χ3n) is 2.81. The van der Waals surface area contributed by atoms with Gasteiger partial charge in [0.1, 0.15) is 16.4 Å². The Hall–Kier alpha value is -1.83. The molecule has 1 atom stereocenters. The molecule has 0 heterocycles. The SMILES string of the molecule is COc1cc(O)c(C(=O)c2ccccc2)cc1S(=O)OS. The van der Waals surface area contributed by atoms with Crippen LogP contribution in [0.1, 0.15) is 15.9 Å². The number of ketones is 1. The highest BCUT2D eigenvalue weighted by molar-refractivity contribution is 7.91. The molecule has 1 unspecified atom stereocenters. The zero-order valence-corrected chi connectivity index (χ0v) is 12.7. The average molecular weight is 324 g/mol. The molecule has 5 nitrogen and oxygen atoms in total. The van der Waals surface area contributed by atoms with Crippen molar-refractivity contribution in [3.8, 4) is 11.5 Å². The summed E-state index contributed by atoms with van der Waals surface area (Å²) in [7, 11) is 1.35. The topological polar surface area (TPSA) is 72.8 Å². The van der Waals surface area contributed by atoms with Gasteiger partial charge in [-0.3, -0.25) is 4.79 Å². The molecule has 0 saturated carbocycles. The van der Waals surface area contributed by atoms with Crippen LogP contribution < -0.4 is 4.74 Å². The van der Waals surface area contributed by atoms with E-state index in [9.17, 15) is 14.1 Å². The number of hydrogen-bond donors (Lipinski definition) is 2. The summed E-state index contributed by atoms with van der Waals surface area (Å²) in [6.45, 7) is 0. The molecule has 2 aromatic carbocycles. The van der Waals surface area contributed by atoms with E-state index in [1.807, 2.05) is 0 Å². The molecule has 0 spiro atoms. The van der Waals surface area contributed by atoms with Gasteiger partial charge in [0.2, 0.25) is 11.1 Å². The van der Waals surface area contributed by atoms with Crippen LogP contribution in [0, 0.1) is 0 Å². The van der Waals surface area contributed by atoms with Crippen molar-refractivity contribution in [3.63, 3.8) is 0 Å². The van der Waals surface area contributed by atoms with Gasteiger partial charge in [0.05, 0.1) is 12.7 Å². The predicted octanol–water partition coefficient (Wildman–Crippen LogP) is 2.52. The van der Waals surface area contributed by atoms with E-state index in [0.29, 0.717) is 5.56 Å². The molecule has 0 fully saturated rings. The monoisotopic (exact) mass is 324 g/mol. The number of carbonyl (C=O) groups is 1. The minimum absolute atomic E-state index is 0.00994. The van der Waals surface area contributed by atoms with Crippen LogP contribution in [-0.2, 0) is 14.7 Å². The molecular formula is C14H12O5S2. The molecule has 0 amide bonds. The van der Waals surface area contributed by atoms with Crippen LogP contribution in [0.15, 0.2) is 47.4 Å². The second-order valence-electron chi connectivity index (χ2n) is 4.02. The summed E-state index contributed by atoms with van der Waals surface area (Å²) >= 11 is 1.57. The highest BCUT2D eigenvalue weighted by Crippen LogP contribution is 2.32. The first-order valence-corrected chi connectivity index (χ1v) is 7.27. The van der Waals surface area contributed by atoms with Gasteiger partial charge in [0.25, 0.3) is 0 Å². The van der Waals surface area contributed by atoms with Gasteiger partial charge in [-0.05, 0) is 19.0 Å². The van der Waals surface area contributed by atoms with E-state index in [4.69, 9.17) is 4.74 Å². The van der Waals surface area contributed by atoms with E-state index in [-0.39, 0.29) is 22.0 Å². The van der Waals surface area contributed by atoms with Crippen molar-refractivity contribution in [2.75, 3.05) is 7.11 Å². The summed E-state index contributed by atoms with van der Waals surface area (Å²) in [5.41, 5.74) is 0.414. The summed E-state index contributed by atoms with van der Waals surface area (Å²) in [5.74, 6) is -0.515. The molecule has 7 heteroatoms. The number of phenolic OH excluding ortho intramolecular Hbond substituents is 1. The van der Waals surface area contributed by atoms with Crippen LogP contribution in [-0.4, -0.2) is 22.2 Å². The maximum Gasteiger partial charge on any atom is 0.204 e. The number of hydrogen-bond acceptors (Lipinski definition) is 6. The Morgan fingerprint density at radius 1 is 1.24 bits per heavy atom. The van der Waals surface area contributed by atoms with Gasteiger partial charge in [0.15, 0.2) is 5.78 Å². The van der Waals surface area contributed by atoms with Gasteiger partial charge < -0.3 is 9.84 Å². The van der Waals surface area contributed by atoms with Crippen molar-refractivity contribution in [2.24, 2.45) is 0 Å². The van der Waals surface area contributed by atoms with E-state index in [0.717, 1.165) is 0 Å². The summed E-state index contributed by atoms with van der Waals surface area (Å²) in [5, 5.41) is 9.97. The van der Waals surface area contributed by atoms with E-state index < -0.39 is 16.9 Å². The van der Waals surface area contributed by atoms with Crippen molar-refractivity contribution in [1.29, 1.82) is 0 Å². The number of carbonyl (C=O) groups excluding carboxylic acids is 1. The summed E-state index contributed by atoms with van der Waals surface area (Å²) in [6.07, 6.45) is 0. The van der Waals surface area contributed by atoms with Crippen LogP contribution in [0.2, 0.25) is 0 Å². The normalized spacial score (nSPS) is 11.9. The Labute approximate surface area is 129 Å². The maximum atomic E-state index is 12.4. The molecule has 0 bridgehead atoms. The Morgan fingerprint density at radius 2 is 1.90 bits per heavy atom. The van der Waals surface area contributed by atoms with Gasteiger partial charge in [-0.1, -0.05) is 30.3 Å². The van der Waals surface area contributed by atoms with E-state index >= 15 is 0 Å². The largest absolute Gasteiger partial charge is 0.507 e. The van der Waals surface area contributed by atoms with Gasteiger partial charge in [-0.25, -0.2) is 7.84 Å². The standard InChI is InChI=1S/C14H12O5S2/c1-18-12-8-11(15)10(7-13(12)21(17)19-20)14(16)9-5-3-2-4-6-9/h2-8,15,20H,1H3. The molecule has 0 aliphatic rings. The van der Waals surface area contributed by atoms with E-state index in [1.165, 1.54) is 19.2 Å². The molecule has 21 heavy (non-hydrogen) atoms. The van der Waals surface area contributed by atoms with E-state index in [1.54, 1.807) is 30.3 Å². The average Bonchev–Trinajstić information content (AvgIpc) is 2.53. The summed E-state index contributed by atoms with van der Waals surface area (Å²) in [6, 6.07) is 10.9. The maximum absolute atomic E-state index is 12.4. The van der Waals surface area contributed by atoms with Crippen LogP contribution in [0.25, 0.3) is 0 Å². The number of phenols is 1. The summed E-state index contributed by atoms with van der Waals surface area (Å²) in [4.78, 5) is 12.5. The van der Waals surface area contributed by atoms with Gasteiger partial charge in [-0.2, -0.15) is 0 Å². The number of rotatable bonds is 5. The molecule has 2 aromatic rings. The highest BCUT2D eigenvalue weighted by atomic mass is 32.2. The third-order valence-corrected chi connectivity index (χ3v) is 4.03. The Morgan fingerprint density at radius 3 is 2.48 bits per heavy atom. The number of ether oxygens (including phenoxy) is 1. The van der Waals surface area contributed by atoms with Crippen molar-refractivity contribution >= 4 is 29.8 Å². The van der Waals surface area contributed by atoms with Crippen LogP contribution in [0.4, 0.5) is 0 Å². The number of thiol groups is 1. The Kier molecular flexibility index (Phi) is 5.00. The molecule has 0 aliphatic heterocycles. The lowest BCUT2D eigenvalue weighted by molar-refractivity contribution is 0.103. The van der Waals surface area contributed by atoms with Gasteiger partial charge in [0, 0.05) is 11.6 Å². The molecule has 0 aromatic heterocycles. The second kappa shape index (κ2) is 6.75. The number of methoxy groups -OCH3 is 1. The fraction of sp³-hybridized carbons (Fsp3) is 0.0714. The van der Waals surface area contributed by atoms with Crippen LogP contribution >= 0.6 is 12.9 Å². The van der Waals surface area contributed by atoms with Crippen molar-refractivity contribution < 1.29 is 22.5 Å². The molecule has 1 N–H and O–H groups in total. The lowest BCUT2D eigenvalue weighted by Gasteiger charge is -2.10. The fourth-order valence-corrected chi connectivity index (χ4v) is 2.65. The Bertz CT molecular complexity index is 685. The first-order chi connectivity index (χ1) is 10.1. The lowest BCUT2D eigenvalue weighted by atomic mass is 10.0. The second-order valence-corrected chi connectivity index (χ2v) is 5.53. The zero-order chi connectivity index (χ0) is 15.4. The van der Waals surface area contributed by atoms with Crippen LogP contribution in [0.3, 0.4) is 0 Å². The molecule has 2 rings (SSSR count). The first-order valence-electron chi connectivity index (χ1n) is 5.83. The number of benzene rings is 2. The zero-order valence-electron chi connectivity index (χ0n) is 11.0. The van der Waals surface area contributed by atoms with Crippen molar-refractivity contribution in [1.82, 2.24) is 0 Å². The van der Waals surface area contributed by atoms with Crippen molar-refractivity contribution in [2.45, 2.75) is 4.90 Å². The fourth-order valence-electron chi connectivity index (χ4n) is 1.81. The molecular weight excluding hydrogens is 312 g/mol. The minimum Gasteiger partial charge on any atom is -0.507 e. The minimum atomic E-state index is -1.92. The molecule has 0 aliphatic carbocycles. The summed E-state index contributed by atoms with van der Waals surface area (Å²) < 4.78 is 21.2. The quantitative estimate of drug-likeness (QED) is 0.502. The van der Waals surface area contributed by atoms with Gasteiger partial charge >= 0.3 is 0 Å².